The number of ether oxygens (including phenoxy) is 1. The van der Waals surface area contributed by atoms with Gasteiger partial charge in [-0.1, -0.05) is 6.92 Å². The molecule has 0 aromatic heterocycles. The minimum atomic E-state index is 0.238. The Morgan fingerprint density at radius 1 is 1.75 bits per heavy atom. The number of carbonyl (C=O) groups is 1. The van der Waals surface area contributed by atoms with Gasteiger partial charge in [0.05, 0.1) is 18.6 Å². The summed E-state index contributed by atoms with van der Waals surface area (Å²) in [6, 6.07) is 0. The summed E-state index contributed by atoms with van der Waals surface area (Å²) in [4.78, 5) is 11.4. The lowest BCUT2D eigenvalue weighted by molar-refractivity contribution is -0.113. The summed E-state index contributed by atoms with van der Waals surface area (Å²) in [5.41, 5.74) is 0.863. The van der Waals surface area contributed by atoms with E-state index in [1.54, 1.807) is 18.0 Å². The molecule has 12 heavy (non-hydrogen) atoms. The molecule has 0 bridgehead atoms. The molecular weight excluding hydrogens is 172 g/mol. The molecule has 0 saturated heterocycles. The fourth-order valence-corrected chi connectivity index (χ4v) is 1.63. The Hall–Kier alpha value is -0.440. The molecule has 0 aliphatic carbocycles. The number of allylic oxidation sites excluding steroid dienone is 1. The van der Waals surface area contributed by atoms with Crippen molar-refractivity contribution < 1.29 is 9.53 Å². The van der Waals surface area contributed by atoms with Crippen LogP contribution in [-0.2, 0) is 9.53 Å². The van der Waals surface area contributed by atoms with E-state index in [4.69, 9.17) is 4.74 Å². The lowest BCUT2D eigenvalue weighted by Gasteiger charge is -2.11. The van der Waals surface area contributed by atoms with Crippen LogP contribution in [-0.4, -0.2) is 23.9 Å². The predicted molar refractivity (Wildman–Crippen MR) is 51.3 cm³/mol. The van der Waals surface area contributed by atoms with Crippen LogP contribution >= 0.6 is 11.8 Å². The molecule has 0 saturated carbocycles. The zero-order valence-electron chi connectivity index (χ0n) is 7.34. The zero-order valence-corrected chi connectivity index (χ0v) is 8.15. The highest BCUT2D eigenvalue weighted by atomic mass is 32.2. The first-order valence-electron chi connectivity index (χ1n) is 4.26. The van der Waals surface area contributed by atoms with E-state index in [9.17, 15) is 4.79 Å². The van der Waals surface area contributed by atoms with Gasteiger partial charge in [-0.05, 0) is 18.6 Å². The van der Waals surface area contributed by atoms with Crippen molar-refractivity contribution in [2.24, 2.45) is 0 Å². The average Bonchev–Trinajstić information content (AvgIpc) is 2.15. The Balaban J connectivity index is 2.35. The summed E-state index contributed by atoms with van der Waals surface area (Å²) >= 11 is 1.66. The maximum Gasteiger partial charge on any atom is 0.171 e. The molecule has 1 aliphatic heterocycles. The van der Waals surface area contributed by atoms with Gasteiger partial charge in [-0.15, -0.1) is 0 Å². The van der Waals surface area contributed by atoms with Crippen LogP contribution in [0.15, 0.2) is 11.8 Å². The zero-order chi connectivity index (χ0) is 8.81. The van der Waals surface area contributed by atoms with Crippen molar-refractivity contribution in [3.63, 3.8) is 0 Å². The molecule has 2 nitrogen and oxygen atoms in total. The number of Topliss-reactive ketones (excluding diaryl/α,β-unsaturated/α-hetero) is 1. The van der Waals surface area contributed by atoms with Crippen molar-refractivity contribution in [2.45, 2.75) is 19.8 Å². The molecule has 1 heterocycles. The Bertz CT molecular complexity index is 187. The number of carbonyl (C=O) groups excluding carboxylic acids is 1. The van der Waals surface area contributed by atoms with Crippen molar-refractivity contribution in [1.29, 1.82) is 0 Å². The maximum atomic E-state index is 11.4. The molecule has 68 valence electrons. The smallest absolute Gasteiger partial charge is 0.171 e. The lowest BCUT2D eigenvalue weighted by atomic mass is 10.1. The number of ketones is 1. The Labute approximate surface area is 77.4 Å². The van der Waals surface area contributed by atoms with E-state index < -0.39 is 0 Å². The molecule has 1 rings (SSSR count). The summed E-state index contributed by atoms with van der Waals surface area (Å²) in [7, 11) is 0. The van der Waals surface area contributed by atoms with Crippen molar-refractivity contribution in [3.05, 3.63) is 11.8 Å². The normalized spacial score (nSPS) is 16.6. The van der Waals surface area contributed by atoms with E-state index in [2.05, 4.69) is 6.92 Å². The van der Waals surface area contributed by atoms with Gasteiger partial charge in [0, 0.05) is 5.57 Å². The first-order chi connectivity index (χ1) is 5.84. The van der Waals surface area contributed by atoms with E-state index in [0.717, 1.165) is 30.8 Å². The van der Waals surface area contributed by atoms with Gasteiger partial charge in [0.1, 0.15) is 0 Å². The molecule has 0 radical (unpaired) electrons. The summed E-state index contributed by atoms with van der Waals surface area (Å²) in [6.07, 6.45) is 3.50. The maximum absolute atomic E-state index is 11.4. The van der Waals surface area contributed by atoms with Gasteiger partial charge < -0.3 is 4.74 Å². The van der Waals surface area contributed by atoms with Crippen molar-refractivity contribution >= 4 is 17.5 Å². The Kier molecular flexibility index (Phi) is 4.22. The number of rotatable bonds is 4. The predicted octanol–water partition coefficient (Wildman–Crippen LogP) is 2.00. The SMILES string of the molecule is CCSCC(=O)C1=COCCC1. The van der Waals surface area contributed by atoms with Crippen LogP contribution in [0.25, 0.3) is 0 Å². The summed E-state index contributed by atoms with van der Waals surface area (Å²) < 4.78 is 5.09. The lowest BCUT2D eigenvalue weighted by Crippen LogP contribution is -2.10. The third kappa shape index (κ3) is 2.89. The molecular formula is C9H14O2S. The molecule has 0 amide bonds. The number of thioether (sulfide) groups is 1. The van der Waals surface area contributed by atoms with Gasteiger partial charge in [-0.3, -0.25) is 4.79 Å². The van der Waals surface area contributed by atoms with E-state index in [-0.39, 0.29) is 5.78 Å². The van der Waals surface area contributed by atoms with E-state index >= 15 is 0 Å². The Morgan fingerprint density at radius 2 is 2.58 bits per heavy atom. The van der Waals surface area contributed by atoms with Gasteiger partial charge >= 0.3 is 0 Å². The van der Waals surface area contributed by atoms with E-state index in [1.165, 1.54) is 0 Å². The van der Waals surface area contributed by atoms with Gasteiger partial charge in [-0.25, -0.2) is 0 Å². The second-order valence-corrected chi connectivity index (χ2v) is 3.95. The fraction of sp³-hybridized carbons (Fsp3) is 0.667. The molecule has 0 aromatic carbocycles. The minimum absolute atomic E-state index is 0.238. The van der Waals surface area contributed by atoms with Crippen molar-refractivity contribution in [3.8, 4) is 0 Å². The topological polar surface area (TPSA) is 26.3 Å². The summed E-state index contributed by atoms with van der Waals surface area (Å²) in [5, 5.41) is 0. The van der Waals surface area contributed by atoms with Gasteiger partial charge in [0.25, 0.3) is 0 Å². The third-order valence-corrected chi connectivity index (χ3v) is 2.60. The molecule has 0 aromatic rings. The van der Waals surface area contributed by atoms with Crippen LogP contribution in [0.5, 0.6) is 0 Å². The van der Waals surface area contributed by atoms with Crippen molar-refractivity contribution in [1.82, 2.24) is 0 Å². The van der Waals surface area contributed by atoms with Crippen LogP contribution in [0.3, 0.4) is 0 Å². The minimum Gasteiger partial charge on any atom is -0.501 e. The monoisotopic (exact) mass is 186 g/mol. The number of hydrogen-bond acceptors (Lipinski definition) is 3. The van der Waals surface area contributed by atoms with Crippen LogP contribution in [0.2, 0.25) is 0 Å². The molecule has 0 spiro atoms. The number of hydrogen-bond donors (Lipinski definition) is 0. The van der Waals surface area contributed by atoms with Crippen LogP contribution in [0.4, 0.5) is 0 Å². The third-order valence-electron chi connectivity index (χ3n) is 1.73. The summed E-state index contributed by atoms with van der Waals surface area (Å²) in [6.45, 7) is 2.82. The van der Waals surface area contributed by atoms with Crippen LogP contribution < -0.4 is 0 Å². The first-order valence-corrected chi connectivity index (χ1v) is 5.41. The molecule has 0 unspecified atom stereocenters. The molecule has 0 atom stereocenters. The van der Waals surface area contributed by atoms with Gasteiger partial charge in [0.2, 0.25) is 0 Å². The summed E-state index contributed by atoms with van der Waals surface area (Å²) in [5.74, 6) is 1.84. The largest absolute Gasteiger partial charge is 0.501 e. The Morgan fingerprint density at radius 3 is 3.17 bits per heavy atom. The van der Waals surface area contributed by atoms with Crippen molar-refractivity contribution in [2.75, 3.05) is 18.1 Å². The highest BCUT2D eigenvalue weighted by Crippen LogP contribution is 2.14. The van der Waals surface area contributed by atoms with Gasteiger partial charge in [0.15, 0.2) is 5.78 Å². The van der Waals surface area contributed by atoms with Crippen LogP contribution in [0, 0.1) is 0 Å². The quantitative estimate of drug-likeness (QED) is 0.671. The van der Waals surface area contributed by atoms with Gasteiger partial charge in [-0.2, -0.15) is 11.8 Å². The second kappa shape index (κ2) is 5.25. The molecule has 3 heteroatoms. The highest BCUT2D eigenvalue weighted by Gasteiger charge is 2.12. The standard InChI is InChI=1S/C9H14O2S/c1-2-12-7-9(10)8-4-3-5-11-6-8/h6H,2-5,7H2,1H3. The van der Waals surface area contributed by atoms with E-state index in [0.29, 0.717) is 5.75 Å². The highest BCUT2D eigenvalue weighted by molar-refractivity contribution is 7.99. The fourth-order valence-electron chi connectivity index (χ4n) is 1.06. The van der Waals surface area contributed by atoms with Crippen LogP contribution in [0.1, 0.15) is 19.8 Å². The van der Waals surface area contributed by atoms with E-state index in [1.807, 2.05) is 0 Å². The molecule has 1 aliphatic rings. The first kappa shape index (κ1) is 9.65. The average molecular weight is 186 g/mol. The molecule has 0 fully saturated rings. The second-order valence-electron chi connectivity index (χ2n) is 2.68. The molecule has 0 N–H and O–H groups in total.